The van der Waals surface area contributed by atoms with Gasteiger partial charge in [0.25, 0.3) is 0 Å². The summed E-state index contributed by atoms with van der Waals surface area (Å²) < 4.78 is 17.6. The molecular formula is C17H26O3. The van der Waals surface area contributed by atoms with E-state index in [9.17, 15) is 0 Å². The van der Waals surface area contributed by atoms with Gasteiger partial charge >= 0.3 is 0 Å². The number of ether oxygens (including phenoxy) is 3. The highest BCUT2D eigenvalue weighted by Crippen LogP contribution is 2.21. The first-order valence-corrected chi connectivity index (χ1v) is 7.87. The Hall–Kier alpha value is -1.06. The average molecular weight is 278 g/mol. The molecule has 20 heavy (non-hydrogen) atoms. The number of benzene rings is 1. The lowest BCUT2D eigenvalue weighted by molar-refractivity contribution is -0.233. The van der Waals surface area contributed by atoms with Gasteiger partial charge in [-0.05, 0) is 37.8 Å². The zero-order chi connectivity index (χ0) is 14.0. The first-order valence-electron chi connectivity index (χ1n) is 7.87. The van der Waals surface area contributed by atoms with Gasteiger partial charge in [0.1, 0.15) is 5.75 Å². The fourth-order valence-electron chi connectivity index (χ4n) is 2.35. The number of hydrogen-bond donors (Lipinski definition) is 0. The highest BCUT2D eigenvalue weighted by molar-refractivity contribution is 5.21. The van der Waals surface area contributed by atoms with Crippen LogP contribution < -0.4 is 4.74 Å². The number of para-hydroxylation sites is 1. The molecule has 0 bridgehead atoms. The summed E-state index contributed by atoms with van der Waals surface area (Å²) >= 11 is 0. The molecule has 1 heterocycles. The normalized spacial score (nSPS) is 20.6. The summed E-state index contributed by atoms with van der Waals surface area (Å²) in [5, 5.41) is 0. The highest BCUT2D eigenvalue weighted by atomic mass is 16.8. The molecule has 0 spiro atoms. The van der Waals surface area contributed by atoms with Gasteiger partial charge in [0.15, 0.2) is 6.29 Å². The predicted octanol–water partition coefficient (Wildman–Crippen LogP) is 4.52. The SMILES string of the molecule is CCCCCC(Oc1ccccc1)OC1CCCCO1. The van der Waals surface area contributed by atoms with Crippen LogP contribution in [0.1, 0.15) is 51.9 Å². The van der Waals surface area contributed by atoms with Crippen LogP contribution in [0.2, 0.25) is 0 Å². The molecule has 2 atom stereocenters. The number of rotatable bonds is 8. The van der Waals surface area contributed by atoms with Crippen LogP contribution in [0, 0.1) is 0 Å². The molecule has 0 N–H and O–H groups in total. The van der Waals surface area contributed by atoms with Crippen molar-refractivity contribution < 1.29 is 14.2 Å². The predicted molar refractivity (Wildman–Crippen MR) is 79.7 cm³/mol. The average Bonchev–Trinajstić information content (AvgIpc) is 2.49. The molecule has 2 unspecified atom stereocenters. The van der Waals surface area contributed by atoms with E-state index < -0.39 is 0 Å². The van der Waals surface area contributed by atoms with Crippen LogP contribution in [-0.4, -0.2) is 19.2 Å². The maximum Gasteiger partial charge on any atom is 0.202 e. The first kappa shape index (κ1) is 15.3. The highest BCUT2D eigenvalue weighted by Gasteiger charge is 2.20. The summed E-state index contributed by atoms with van der Waals surface area (Å²) in [6.07, 6.45) is 7.45. The van der Waals surface area contributed by atoms with E-state index in [0.29, 0.717) is 0 Å². The Morgan fingerprint density at radius 2 is 2.05 bits per heavy atom. The minimum Gasteiger partial charge on any atom is -0.465 e. The third kappa shape index (κ3) is 5.51. The van der Waals surface area contributed by atoms with Gasteiger partial charge in [-0.2, -0.15) is 0 Å². The van der Waals surface area contributed by atoms with Crippen LogP contribution in [-0.2, 0) is 9.47 Å². The van der Waals surface area contributed by atoms with Gasteiger partial charge in [0.05, 0.1) is 0 Å². The van der Waals surface area contributed by atoms with E-state index in [1.54, 1.807) is 0 Å². The Bertz CT molecular complexity index is 347. The lowest BCUT2D eigenvalue weighted by atomic mass is 10.2. The molecule has 1 aliphatic rings. The summed E-state index contributed by atoms with van der Waals surface area (Å²) in [6.45, 7) is 3.01. The van der Waals surface area contributed by atoms with Gasteiger partial charge < -0.3 is 14.2 Å². The lowest BCUT2D eigenvalue weighted by Gasteiger charge is -2.28. The molecule has 0 saturated carbocycles. The molecule has 1 saturated heterocycles. The summed E-state index contributed by atoms with van der Waals surface area (Å²) in [7, 11) is 0. The van der Waals surface area contributed by atoms with Crippen LogP contribution in [0.25, 0.3) is 0 Å². The summed E-state index contributed by atoms with van der Waals surface area (Å²) in [4.78, 5) is 0. The largest absolute Gasteiger partial charge is 0.465 e. The lowest BCUT2D eigenvalue weighted by Crippen LogP contribution is -2.31. The molecule has 112 valence electrons. The Balaban J connectivity index is 1.85. The Morgan fingerprint density at radius 3 is 2.75 bits per heavy atom. The minimum absolute atomic E-state index is 0.0981. The third-order valence-corrected chi connectivity index (χ3v) is 3.50. The second kappa shape index (κ2) is 8.98. The summed E-state index contributed by atoms with van der Waals surface area (Å²) in [5.74, 6) is 0.866. The molecule has 0 aromatic heterocycles. The topological polar surface area (TPSA) is 27.7 Å². The van der Waals surface area contributed by atoms with Crippen molar-refractivity contribution in [1.29, 1.82) is 0 Å². The zero-order valence-electron chi connectivity index (χ0n) is 12.4. The monoisotopic (exact) mass is 278 g/mol. The van der Waals surface area contributed by atoms with Gasteiger partial charge in [-0.25, -0.2) is 0 Å². The van der Waals surface area contributed by atoms with E-state index >= 15 is 0 Å². The van der Waals surface area contributed by atoms with Gasteiger partial charge in [-0.1, -0.05) is 38.0 Å². The van der Waals surface area contributed by atoms with Crippen molar-refractivity contribution in [2.75, 3.05) is 6.61 Å². The maximum atomic E-state index is 6.00. The molecule has 3 heteroatoms. The van der Waals surface area contributed by atoms with Gasteiger partial charge in [0.2, 0.25) is 6.29 Å². The third-order valence-electron chi connectivity index (χ3n) is 3.50. The smallest absolute Gasteiger partial charge is 0.202 e. The number of unbranched alkanes of at least 4 members (excludes halogenated alkanes) is 2. The molecule has 0 radical (unpaired) electrons. The van der Waals surface area contributed by atoms with E-state index in [-0.39, 0.29) is 12.6 Å². The van der Waals surface area contributed by atoms with Crippen molar-refractivity contribution >= 4 is 0 Å². The van der Waals surface area contributed by atoms with Gasteiger partial charge in [-0.3, -0.25) is 0 Å². The first-order chi connectivity index (χ1) is 9.88. The molecule has 0 amide bonds. The second-order valence-corrected chi connectivity index (χ2v) is 5.29. The van der Waals surface area contributed by atoms with E-state index in [4.69, 9.17) is 14.2 Å². The van der Waals surface area contributed by atoms with Gasteiger partial charge in [0, 0.05) is 13.0 Å². The van der Waals surface area contributed by atoms with Crippen molar-refractivity contribution in [2.24, 2.45) is 0 Å². The number of hydrogen-bond acceptors (Lipinski definition) is 3. The molecular weight excluding hydrogens is 252 g/mol. The molecule has 1 aliphatic heterocycles. The van der Waals surface area contributed by atoms with Crippen molar-refractivity contribution in [2.45, 2.75) is 64.4 Å². The summed E-state index contributed by atoms with van der Waals surface area (Å²) in [5.41, 5.74) is 0. The van der Waals surface area contributed by atoms with Crippen molar-refractivity contribution in [3.8, 4) is 5.75 Å². The standard InChI is InChI=1S/C17H26O3/c1-2-3-5-13-17(19-15-10-6-4-7-11-15)20-16-12-8-9-14-18-16/h4,6-7,10-11,16-17H,2-3,5,8-9,12-14H2,1H3. The quantitative estimate of drug-likeness (QED) is 0.517. The zero-order valence-corrected chi connectivity index (χ0v) is 12.4. The van der Waals surface area contributed by atoms with E-state index in [0.717, 1.165) is 38.0 Å². The second-order valence-electron chi connectivity index (χ2n) is 5.29. The molecule has 1 fully saturated rings. The van der Waals surface area contributed by atoms with Crippen LogP contribution in [0.3, 0.4) is 0 Å². The Labute approximate surface area is 122 Å². The van der Waals surface area contributed by atoms with E-state index in [2.05, 4.69) is 6.92 Å². The van der Waals surface area contributed by atoms with E-state index in [1.807, 2.05) is 30.3 Å². The van der Waals surface area contributed by atoms with Crippen LogP contribution in [0.5, 0.6) is 5.75 Å². The molecule has 1 aromatic carbocycles. The molecule has 3 nitrogen and oxygen atoms in total. The molecule has 0 aliphatic carbocycles. The van der Waals surface area contributed by atoms with Crippen molar-refractivity contribution in [3.63, 3.8) is 0 Å². The fourth-order valence-corrected chi connectivity index (χ4v) is 2.35. The van der Waals surface area contributed by atoms with Crippen LogP contribution >= 0.6 is 0 Å². The Morgan fingerprint density at radius 1 is 1.20 bits per heavy atom. The van der Waals surface area contributed by atoms with Crippen molar-refractivity contribution in [3.05, 3.63) is 30.3 Å². The Kier molecular flexibility index (Phi) is 6.89. The van der Waals surface area contributed by atoms with Crippen molar-refractivity contribution in [1.82, 2.24) is 0 Å². The minimum atomic E-state index is -0.202. The van der Waals surface area contributed by atoms with Crippen LogP contribution in [0.15, 0.2) is 30.3 Å². The van der Waals surface area contributed by atoms with E-state index in [1.165, 1.54) is 19.3 Å². The van der Waals surface area contributed by atoms with Crippen LogP contribution in [0.4, 0.5) is 0 Å². The molecule has 1 aromatic rings. The summed E-state index contributed by atoms with van der Waals surface area (Å²) in [6, 6.07) is 9.89. The molecule has 2 rings (SSSR count). The maximum absolute atomic E-state index is 6.00. The van der Waals surface area contributed by atoms with Gasteiger partial charge in [-0.15, -0.1) is 0 Å². The fraction of sp³-hybridized carbons (Fsp3) is 0.647.